The van der Waals surface area contributed by atoms with Gasteiger partial charge in [-0.1, -0.05) is 51.5 Å². The Balaban J connectivity index is 2.76. The van der Waals surface area contributed by atoms with Crippen LogP contribution in [0.5, 0.6) is 0 Å². The fourth-order valence-corrected chi connectivity index (χ4v) is 1.68. The van der Waals surface area contributed by atoms with E-state index in [0.29, 0.717) is 11.3 Å². The lowest BCUT2D eigenvalue weighted by molar-refractivity contribution is 0.451. The van der Waals surface area contributed by atoms with Gasteiger partial charge in [0, 0.05) is 0 Å². The van der Waals surface area contributed by atoms with Gasteiger partial charge in [-0.25, -0.2) is 0 Å². The summed E-state index contributed by atoms with van der Waals surface area (Å²) in [6, 6.07) is 0. The van der Waals surface area contributed by atoms with E-state index in [1.54, 1.807) is 5.57 Å². The lowest BCUT2D eigenvalue weighted by Crippen LogP contribution is -2.14. The highest BCUT2D eigenvalue weighted by molar-refractivity contribution is 5.30. The molecule has 1 unspecified atom stereocenters. The SMILES string of the molecule is CCC1C=CC=C1C(C)(C)C. The molecule has 0 nitrogen and oxygen atoms in total. The normalized spacial score (nSPS) is 24.0. The third-order valence-corrected chi connectivity index (χ3v) is 2.32. The highest BCUT2D eigenvalue weighted by Crippen LogP contribution is 2.36. The van der Waals surface area contributed by atoms with Crippen molar-refractivity contribution in [3.05, 3.63) is 23.8 Å². The van der Waals surface area contributed by atoms with Gasteiger partial charge in [-0.05, 0) is 17.8 Å². The topological polar surface area (TPSA) is 0 Å². The first kappa shape index (κ1) is 8.58. The van der Waals surface area contributed by atoms with Gasteiger partial charge in [0.15, 0.2) is 0 Å². The van der Waals surface area contributed by atoms with Gasteiger partial charge in [0.1, 0.15) is 0 Å². The Morgan fingerprint density at radius 2 is 2.00 bits per heavy atom. The molecule has 0 aromatic rings. The minimum absolute atomic E-state index is 0.351. The summed E-state index contributed by atoms with van der Waals surface area (Å²) in [7, 11) is 0. The number of hydrogen-bond donors (Lipinski definition) is 0. The highest BCUT2D eigenvalue weighted by Gasteiger charge is 2.23. The maximum atomic E-state index is 2.31. The molecule has 0 fully saturated rings. The molecule has 0 amide bonds. The number of rotatable bonds is 1. The summed E-state index contributed by atoms with van der Waals surface area (Å²) < 4.78 is 0. The van der Waals surface area contributed by atoms with Gasteiger partial charge in [-0.3, -0.25) is 0 Å². The Labute approximate surface area is 70.0 Å². The quantitative estimate of drug-likeness (QED) is 0.536. The molecule has 0 aliphatic heterocycles. The Bertz CT molecular complexity index is 189. The van der Waals surface area contributed by atoms with Crippen molar-refractivity contribution >= 4 is 0 Å². The van der Waals surface area contributed by atoms with Crippen LogP contribution in [-0.4, -0.2) is 0 Å². The predicted octanol–water partition coefficient (Wildman–Crippen LogP) is 3.55. The summed E-state index contributed by atoms with van der Waals surface area (Å²) in [6.45, 7) is 9.11. The molecule has 1 atom stereocenters. The van der Waals surface area contributed by atoms with Crippen LogP contribution in [0.1, 0.15) is 34.1 Å². The fourth-order valence-electron chi connectivity index (χ4n) is 1.68. The maximum absolute atomic E-state index is 2.31. The maximum Gasteiger partial charge on any atom is -0.00144 e. The van der Waals surface area contributed by atoms with Crippen LogP contribution in [0, 0.1) is 11.3 Å². The largest absolute Gasteiger partial charge is 0.0773 e. The molecule has 62 valence electrons. The first-order chi connectivity index (χ1) is 5.05. The molecule has 1 rings (SSSR count). The molecule has 0 spiro atoms. The minimum Gasteiger partial charge on any atom is -0.0773 e. The summed E-state index contributed by atoms with van der Waals surface area (Å²) in [6.07, 6.45) is 8.00. The molecule has 0 saturated carbocycles. The Morgan fingerprint density at radius 3 is 2.36 bits per heavy atom. The van der Waals surface area contributed by atoms with Crippen LogP contribution >= 0.6 is 0 Å². The molecule has 0 radical (unpaired) electrons. The van der Waals surface area contributed by atoms with E-state index in [0.717, 1.165) is 0 Å². The second-order valence-electron chi connectivity index (χ2n) is 4.27. The predicted molar refractivity (Wildman–Crippen MR) is 50.5 cm³/mol. The smallest absolute Gasteiger partial charge is 0.00144 e. The van der Waals surface area contributed by atoms with Gasteiger partial charge in [-0.15, -0.1) is 0 Å². The third-order valence-electron chi connectivity index (χ3n) is 2.32. The van der Waals surface area contributed by atoms with Gasteiger partial charge in [-0.2, -0.15) is 0 Å². The van der Waals surface area contributed by atoms with E-state index in [2.05, 4.69) is 45.9 Å². The summed E-state index contributed by atoms with van der Waals surface area (Å²) in [5.41, 5.74) is 1.93. The van der Waals surface area contributed by atoms with Crippen LogP contribution < -0.4 is 0 Å². The Hall–Kier alpha value is -0.520. The monoisotopic (exact) mass is 150 g/mol. The van der Waals surface area contributed by atoms with Crippen LogP contribution in [0.4, 0.5) is 0 Å². The molecule has 1 aliphatic carbocycles. The first-order valence-corrected chi connectivity index (χ1v) is 4.44. The Kier molecular flexibility index (Phi) is 2.22. The van der Waals surface area contributed by atoms with Crippen molar-refractivity contribution in [2.24, 2.45) is 11.3 Å². The minimum atomic E-state index is 0.351. The molecule has 0 saturated heterocycles. The average molecular weight is 150 g/mol. The molecular formula is C11H18. The van der Waals surface area contributed by atoms with Crippen LogP contribution in [0.3, 0.4) is 0 Å². The van der Waals surface area contributed by atoms with E-state index in [1.165, 1.54) is 6.42 Å². The van der Waals surface area contributed by atoms with Crippen molar-refractivity contribution in [3.8, 4) is 0 Å². The molecule has 0 N–H and O–H groups in total. The lowest BCUT2D eigenvalue weighted by Gasteiger charge is -2.25. The number of hydrogen-bond acceptors (Lipinski definition) is 0. The van der Waals surface area contributed by atoms with E-state index in [4.69, 9.17) is 0 Å². The molecule has 11 heavy (non-hydrogen) atoms. The fraction of sp³-hybridized carbons (Fsp3) is 0.636. The van der Waals surface area contributed by atoms with Crippen molar-refractivity contribution in [1.29, 1.82) is 0 Å². The zero-order valence-corrected chi connectivity index (χ0v) is 8.02. The first-order valence-electron chi connectivity index (χ1n) is 4.44. The van der Waals surface area contributed by atoms with E-state index in [-0.39, 0.29) is 0 Å². The van der Waals surface area contributed by atoms with Crippen molar-refractivity contribution < 1.29 is 0 Å². The van der Waals surface area contributed by atoms with Crippen LogP contribution in [0.25, 0.3) is 0 Å². The van der Waals surface area contributed by atoms with E-state index < -0.39 is 0 Å². The second-order valence-corrected chi connectivity index (χ2v) is 4.27. The molecular weight excluding hydrogens is 132 g/mol. The van der Waals surface area contributed by atoms with Crippen LogP contribution in [0.15, 0.2) is 23.8 Å². The van der Waals surface area contributed by atoms with Crippen LogP contribution in [-0.2, 0) is 0 Å². The summed E-state index contributed by atoms with van der Waals surface area (Å²) >= 11 is 0. The lowest BCUT2D eigenvalue weighted by atomic mass is 9.80. The molecule has 0 bridgehead atoms. The molecule has 0 heterocycles. The van der Waals surface area contributed by atoms with Crippen molar-refractivity contribution in [3.63, 3.8) is 0 Å². The number of allylic oxidation sites excluding steroid dienone is 4. The zero-order valence-electron chi connectivity index (χ0n) is 8.02. The summed E-state index contributed by atoms with van der Waals surface area (Å²) in [5, 5.41) is 0. The second kappa shape index (κ2) is 2.84. The van der Waals surface area contributed by atoms with Crippen molar-refractivity contribution in [2.45, 2.75) is 34.1 Å². The van der Waals surface area contributed by atoms with Gasteiger partial charge >= 0.3 is 0 Å². The highest BCUT2D eigenvalue weighted by atomic mass is 14.3. The van der Waals surface area contributed by atoms with Crippen LogP contribution in [0.2, 0.25) is 0 Å². The molecule has 1 aliphatic rings. The van der Waals surface area contributed by atoms with Crippen molar-refractivity contribution in [2.75, 3.05) is 0 Å². The van der Waals surface area contributed by atoms with E-state index in [9.17, 15) is 0 Å². The summed E-state index contributed by atoms with van der Waals surface area (Å²) in [5.74, 6) is 0.704. The standard InChI is InChI=1S/C11H18/c1-5-9-7-6-8-10(9)11(2,3)4/h6-9H,5H2,1-4H3. The molecule has 0 heteroatoms. The molecule has 0 aromatic carbocycles. The van der Waals surface area contributed by atoms with E-state index >= 15 is 0 Å². The zero-order chi connectivity index (χ0) is 8.48. The van der Waals surface area contributed by atoms with Gasteiger partial charge < -0.3 is 0 Å². The van der Waals surface area contributed by atoms with Crippen molar-refractivity contribution in [1.82, 2.24) is 0 Å². The van der Waals surface area contributed by atoms with Gasteiger partial charge in [0.2, 0.25) is 0 Å². The third kappa shape index (κ3) is 1.74. The summed E-state index contributed by atoms with van der Waals surface area (Å²) in [4.78, 5) is 0. The average Bonchev–Trinajstić information content (AvgIpc) is 2.31. The van der Waals surface area contributed by atoms with E-state index in [1.807, 2.05) is 0 Å². The Morgan fingerprint density at radius 1 is 1.36 bits per heavy atom. The van der Waals surface area contributed by atoms with Gasteiger partial charge in [0.25, 0.3) is 0 Å². The van der Waals surface area contributed by atoms with Gasteiger partial charge in [0.05, 0.1) is 0 Å². The molecule has 0 aromatic heterocycles.